The van der Waals surface area contributed by atoms with Gasteiger partial charge in [-0.25, -0.2) is 0 Å². The second kappa shape index (κ2) is 8.32. The number of ether oxygens (including phenoxy) is 2. The Morgan fingerprint density at radius 1 is 1.36 bits per heavy atom. The molecule has 0 radical (unpaired) electrons. The molecule has 1 fully saturated rings. The number of likely N-dealkylation sites (tertiary alicyclic amines) is 1. The van der Waals surface area contributed by atoms with Crippen LogP contribution in [0.4, 0.5) is 5.69 Å². The molecule has 0 atom stereocenters. The van der Waals surface area contributed by atoms with E-state index in [4.69, 9.17) is 14.6 Å². The number of carboxylic acid groups (broad SMARTS) is 1. The predicted molar refractivity (Wildman–Crippen MR) is 86.7 cm³/mol. The van der Waals surface area contributed by atoms with E-state index < -0.39 is 10.9 Å². The van der Waals surface area contributed by atoms with Crippen molar-refractivity contribution in [1.82, 2.24) is 4.90 Å². The maximum absolute atomic E-state index is 12.2. The third-order valence-electron chi connectivity index (χ3n) is 4.14. The quantitative estimate of drug-likeness (QED) is 0.586. The zero-order valence-corrected chi connectivity index (χ0v) is 13.8. The average molecular weight is 352 g/mol. The number of carbonyl (C=O) groups is 2. The Labute approximate surface area is 144 Å². The van der Waals surface area contributed by atoms with Crippen molar-refractivity contribution >= 4 is 17.6 Å². The van der Waals surface area contributed by atoms with E-state index in [1.165, 1.54) is 25.3 Å². The Hall–Kier alpha value is -2.84. The second-order valence-electron chi connectivity index (χ2n) is 5.80. The largest absolute Gasteiger partial charge is 0.490 e. The first-order valence-corrected chi connectivity index (χ1v) is 7.85. The van der Waals surface area contributed by atoms with Gasteiger partial charge in [-0.15, -0.1) is 0 Å². The highest BCUT2D eigenvalue weighted by Crippen LogP contribution is 2.30. The first kappa shape index (κ1) is 18.5. The molecule has 1 saturated heterocycles. The molecule has 0 bridgehead atoms. The van der Waals surface area contributed by atoms with E-state index in [1.807, 2.05) is 0 Å². The summed E-state index contributed by atoms with van der Waals surface area (Å²) in [6.07, 6.45) is 1.44. The van der Waals surface area contributed by atoms with E-state index in [-0.39, 0.29) is 36.3 Å². The minimum atomic E-state index is -0.819. The minimum absolute atomic E-state index is 0.0597. The van der Waals surface area contributed by atoms with Crippen LogP contribution in [0.15, 0.2) is 18.2 Å². The monoisotopic (exact) mass is 352 g/mol. The number of aliphatic carboxylic acids is 1. The Balaban J connectivity index is 1.86. The van der Waals surface area contributed by atoms with Crippen LogP contribution < -0.4 is 9.47 Å². The lowest BCUT2D eigenvalue weighted by Gasteiger charge is -2.31. The van der Waals surface area contributed by atoms with Gasteiger partial charge in [0.2, 0.25) is 5.75 Å². The number of amides is 1. The molecular weight excluding hydrogens is 332 g/mol. The van der Waals surface area contributed by atoms with Crippen molar-refractivity contribution in [3.8, 4) is 11.5 Å². The number of hydrogen-bond donors (Lipinski definition) is 1. The van der Waals surface area contributed by atoms with E-state index in [2.05, 4.69) is 0 Å². The zero-order chi connectivity index (χ0) is 18.4. The van der Waals surface area contributed by atoms with Gasteiger partial charge in [-0.05, 0) is 24.8 Å². The number of piperidine rings is 1. The third-order valence-corrected chi connectivity index (χ3v) is 4.14. The summed E-state index contributed by atoms with van der Waals surface area (Å²) >= 11 is 0. The van der Waals surface area contributed by atoms with E-state index >= 15 is 0 Å². The van der Waals surface area contributed by atoms with Gasteiger partial charge >= 0.3 is 11.7 Å². The number of methoxy groups -OCH3 is 1. The third kappa shape index (κ3) is 5.07. The molecule has 1 N–H and O–H groups in total. The Bertz CT molecular complexity index is 654. The maximum Gasteiger partial charge on any atom is 0.311 e. The van der Waals surface area contributed by atoms with E-state index in [0.717, 1.165) is 0 Å². The molecule has 1 aromatic rings. The van der Waals surface area contributed by atoms with Gasteiger partial charge in [0.1, 0.15) is 5.75 Å². The topological polar surface area (TPSA) is 119 Å². The number of nitrogens with zero attached hydrogens (tertiary/aromatic N) is 2. The highest BCUT2D eigenvalue weighted by molar-refractivity contribution is 5.78. The first-order valence-electron chi connectivity index (χ1n) is 7.85. The molecule has 1 aliphatic heterocycles. The lowest BCUT2D eigenvalue weighted by molar-refractivity contribution is -0.385. The second-order valence-corrected chi connectivity index (χ2v) is 5.80. The van der Waals surface area contributed by atoms with Crippen molar-refractivity contribution in [3.63, 3.8) is 0 Å². The molecular formula is C16H20N2O7. The van der Waals surface area contributed by atoms with Crippen molar-refractivity contribution in [3.05, 3.63) is 28.3 Å². The summed E-state index contributed by atoms with van der Waals surface area (Å²) in [6.45, 7) is 0.817. The Kier molecular flexibility index (Phi) is 6.15. The van der Waals surface area contributed by atoms with Crippen LogP contribution in [0, 0.1) is 16.0 Å². The number of benzene rings is 1. The SMILES string of the molecule is COc1cc(OCC(=O)N2CCC(CC(=O)O)CC2)ccc1[N+](=O)[O-]. The molecule has 0 saturated carbocycles. The molecule has 0 unspecified atom stereocenters. The van der Waals surface area contributed by atoms with Crippen LogP contribution in [0.3, 0.4) is 0 Å². The Morgan fingerprint density at radius 3 is 2.60 bits per heavy atom. The smallest absolute Gasteiger partial charge is 0.311 e. The summed E-state index contributed by atoms with van der Waals surface area (Å²) in [5.74, 6) is -0.561. The molecule has 1 amide bonds. The molecule has 0 aromatic heterocycles. The number of carbonyl (C=O) groups excluding carboxylic acids is 1. The molecule has 2 rings (SSSR count). The predicted octanol–water partition coefficient (Wildman–Crippen LogP) is 1.70. The van der Waals surface area contributed by atoms with Gasteiger partial charge in [0.15, 0.2) is 6.61 Å². The van der Waals surface area contributed by atoms with Gasteiger partial charge < -0.3 is 19.5 Å². The van der Waals surface area contributed by atoms with Crippen molar-refractivity contribution < 1.29 is 29.1 Å². The summed E-state index contributed by atoms with van der Waals surface area (Å²) in [5.41, 5.74) is -0.179. The van der Waals surface area contributed by atoms with Gasteiger partial charge in [-0.3, -0.25) is 19.7 Å². The van der Waals surface area contributed by atoms with Crippen LogP contribution in [0.2, 0.25) is 0 Å². The van der Waals surface area contributed by atoms with Crippen LogP contribution in [-0.4, -0.2) is 53.6 Å². The summed E-state index contributed by atoms with van der Waals surface area (Å²) in [4.78, 5) is 34.8. The van der Waals surface area contributed by atoms with Crippen LogP contribution in [0.1, 0.15) is 19.3 Å². The summed E-state index contributed by atoms with van der Waals surface area (Å²) < 4.78 is 10.4. The maximum atomic E-state index is 12.2. The highest BCUT2D eigenvalue weighted by Gasteiger charge is 2.24. The van der Waals surface area contributed by atoms with Crippen LogP contribution in [0.5, 0.6) is 11.5 Å². The minimum Gasteiger partial charge on any atom is -0.490 e. The van der Waals surface area contributed by atoms with Crippen LogP contribution in [0.25, 0.3) is 0 Å². The molecule has 9 heteroatoms. The van der Waals surface area contributed by atoms with Crippen LogP contribution >= 0.6 is 0 Å². The van der Waals surface area contributed by atoms with Gasteiger partial charge in [0.05, 0.1) is 12.0 Å². The van der Waals surface area contributed by atoms with E-state index in [9.17, 15) is 19.7 Å². The average Bonchev–Trinajstić information content (AvgIpc) is 2.59. The van der Waals surface area contributed by atoms with Gasteiger partial charge in [0, 0.05) is 31.6 Å². The van der Waals surface area contributed by atoms with Crippen molar-refractivity contribution in [2.24, 2.45) is 5.92 Å². The number of rotatable bonds is 7. The summed E-state index contributed by atoms with van der Waals surface area (Å²) in [5, 5.41) is 19.6. The zero-order valence-electron chi connectivity index (χ0n) is 13.8. The molecule has 25 heavy (non-hydrogen) atoms. The summed E-state index contributed by atoms with van der Waals surface area (Å²) in [7, 11) is 1.32. The lowest BCUT2D eigenvalue weighted by Crippen LogP contribution is -2.41. The van der Waals surface area contributed by atoms with Crippen molar-refractivity contribution in [1.29, 1.82) is 0 Å². The first-order chi connectivity index (χ1) is 11.9. The number of nitro groups is 1. The van der Waals surface area contributed by atoms with E-state index in [0.29, 0.717) is 31.7 Å². The van der Waals surface area contributed by atoms with Crippen molar-refractivity contribution in [2.75, 3.05) is 26.8 Å². The standard InChI is InChI=1S/C16H20N2O7/c1-24-14-9-12(2-3-13(14)18(22)23)25-10-15(19)17-6-4-11(5-7-17)8-16(20)21/h2-3,9,11H,4-8,10H2,1H3,(H,20,21). The molecule has 9 nitrogen and oxygen atoms in total. The number of carboxylic acids is 1. The molecule has 1 aromatic carbocycles. The molecule has 136 valence electrons. The fraction of sp³-hybridized carbons (Fsp3) is 0.500. The molecule has 1 aliphatic rings. The molecule has 0 spiro atoms. The fourth-order valence-corrected chi connectivity index (χ4v) is 2.77. The fourth-order valence-electron chi connectivity index (χ4n) is 2.77. The molecule has 1 heterocycles. The Morgan fingerprint density at radius 2 is 2.04 bits per heavy atom. The number of nitro benzene ring substituents is 1. The molecule has 0 aliphatic carbocycles. The van der Waals surface area contributed by atoms with Gasteiger partial charge in [-0.1, -0.05) is 0 Å². The summed E-state index contributed by atoms with van der Waals surface area (Å²) in [6, 6.07) is 4.04. The normalized spacial score (nSPS) is 14.8. The van der Waals surface area contributed by atoms with Gasteiger partial charge in [-0.2, -0.15) is 0 Å². The van der Waals surface area contributed by atoms with Gasteiger partial charge in [0.25, 0.3) is 5.91 Å². The number of hydrogen-bond acceptors (Lipinski definition) is 6. The van der Waals surface area contributed by atoms with Crippen LogP contribution in [-0.2, 0) is 9.59 Å². The van der Waals surface area contributed by atoms with E-state index in [1.54, 1.807) is 4.90 Å². The highest BCUT2D eigenvalue weighted by atomic mass is 16.6. The lowest BCUT2D eigenvalue weighted by atomic mass is 9.94. The van der Waals surface area contributed by atoms with Crippen molar-refractivity contribution in [2.45, 2.75) is 19.3 Å².